The number of thioether (sulfide) groups is 1. The predicted octanol–water partition coefficient (Wildman–Crippen LogP) is 5.34. The first-order chi connectivity index (χ1) is 12.0. The summed E-state index contributed by atoms with van der Waals surface area (Å²) in [6.07, 6.45) is 1.36. The van der Waals surface area contributed by atoms with Crippen molar-refractivity contribution in [2.24, 2.45) is 0 Å². The molecule has 3 nitrogen and oxygen atoms in total. The van der Waals surface area contributed by atoms with E-state index in [-0.39, 0.29) is 11.7 Å². The lowest BCUT2D eigenvalue weighted by molar-refractivity contribution is -0.122. The molecule has 0 radical (unpaired) electrons. The van der Waals surface area contributed by atoms with E-state index < -0.39 is 0 Å². The van der Waals surface area contributed by atoms with Gasteiger partial charge in [-0.3, -0.25) is 14.5 Å². The molecule has 1 saturated heterocycles. The fourth-order valence-corrected chi connectivity index (χ4v) is 4.31. The number of rotatable bonds is 4. The van der Waals surface area contributed by atoms with Gasteiger partial charge in [0, 0.05) is 20.6 Å². The Labute approximate surface area is 171 Å². The van der Waals surface area contributed by atoms with Crippen molar-refractivity contribution in [1.82, 2.24) is 4.90 Å². The van der Waals surface area contributed by atoms with Gasteiger partial charge in [-0.15, -0.1) is 0 Å². The number of hydrogen-bond donors (Lipinski definition) is 0. The average Bonchev–Trinajstić information content (AvgIpc) is 2.85. The van der Waals surface area contributed by atoms with E-state index in [1.165, 1.54) is 11.0 Å². The summed E-state index contributed by atoms with van der Waals surface area (Å²) in [5.41, 5.74) is 1.48. The van der Waals surface area contributed by atoms with Crippen LogP contribution < -0.4 is 0 Å². The molecule has 2 aromatic carbocycles. The van der Waals surface area contributed by atoms with Crippen LogP contribution in [0.5, 0.6) is 0 Å². The number of amides is 1. The molecule has 0 aromatic heterocycles. The molecule has 0 N–H and O–H groups in total. The zero-order valence-corrected chi connectivity index (χ0v) is 17.5. The van der Waals surface area contributed by atoms with Crippen LogP contribution >= 0.6 is 55.8 Å². The first kappa shape index (κ1) is 18.5. The van der Waals surface area contributed by atoms with Crippen molar-refractivity contribution in [2.45, 2.75) is 6.54 Å². The van der Waals surface area contributed by atoms with E-state index >= 15 is 0 Å². The largest absolute Gasteiger partial charge is 0.289 e. The third-order valence-electron chi connectivity index (χ3n) is 3.51. The van der Waals surface area contributed by atoms with Gasteiger partial charge in [-0.1, -0.05) is 86.2 Å². The van der Waals surface area contributed by atoms with Crippen LogP contribution in [0.15, 0.2) is 68.5 Å². The fourth-order valence-electron chi connectivity index (χ4n) is 2.29. The van der Waals surface area contributed by atoms with Crippen LogP contribution in [0.3, 0.4) is 0 Å². The van der Waals surface area contributed by atoms with E-state index in [9.17, 15) is 9.59 Å². The van der Waals surface area contributed by atoms with Crippen molar-refractivity contribution < 1.29 is 9.59 Å². The molecule has 7 heteroatoms. The highest BCUT2D eigenvalue weighted by atomic mass is 79.9. The number of halogens is 2. The van der Waals surface area contributed by atoms with Gasteiger partial charge >= 0.3 is 0 Å². The molecule has 1 aliphatic heterocycles. The van der Waals surface area contributed by atoms with Gasteiger partial charge in [0.25, 0.3) is 5.91 Å². The molecule has 126 valence electrons. The Morgan fingerprint density at radius 1 is 1.16 bits per heavy atom. The Kier molecular flexibility index (Phi) is 5.89. The average molecular weight is 497 g/mol. The van der Waals surface area contributed by atoms with E-state index in [2.05, 4.69) is 31.9 Å². The number of nitrogens with zero attached hydrogens (tertiary/aromatic N) is 1. The third-order valence-corrected chi connectivity index (χ3v) is 6.08. The van der Waals surface area contributed by atoms with Crippen LogP contribution in [0.25, 0.3) is 0 Å². The van der Waals surface area contributed by atoms with Gasteiger partial charge in [-0.05, 0) is 23.8 Å². The van der Waals surface area contributed by atoms with Gasteiger partial charge in [0.1, 0.15) is 4.32 Å². The van der Waals surface area contributed by atoms with Crippen molar-refractivity contribution in [2.75, 3.05) is 0 Å². The van der Waals surface area contributed by atoms with Gasteiger partial charge in [0.05, 0.1) is 11.4 Å². The summed E-state index contributed by atoms with van der Waals surface area (Å²) in [5, 5.41) is 0. The molecule has 1 aliphatic rings. The lowest BCUT2D eigenvalue weighted by Crippen LogP contribution is -2.27. The summed E-state index contributed by atoms with van der Waals surface area (Å²) >= 11 is 13.2. The molecule has 1 heterocycles. The number of hydrogen-bond acceptors (Lipinski definition) is 4. The minimum Gasteiger partial charge on any atom is -0.289 e. The maximum atomic E-state index is 12.6. The van der Waals surface area contributed by atoms with Crippen molar-refractivity contribution in [3.63, 3.8) is 0 Å². The van der Waals surface area contributed by atoms with Crippen LogP contribution in [0.2, 0.25) is 0 Å². The second kappa shape index (κ2) is 7.95. The van der Waals surface area contributed by atoms with Crippen molar-refractivity contribution in [3.8, 4) is 0 Å². The van der Waals surface area contributed by atoms with Gasteiger partial charge in [0.2, 0.25) is 0 Å². The molecule has 3 rings (SSSR count). The molecule has 0 bridgehead atoms. The Morgan fingerprint density at radius 2 is 1.88 bits per heavy atom. The third kappa shape index (κ3) is 4.28. The number of ketones is 1. The SMILES string of the molecule is O=C(/C=C1/SC(=S)N(Cc2ccccc2)C1=O)c1cc(Br)ccc1Br. The maximum absolute atomic E-state index is 12.6. The standard InChI is InChI=1S/C18H11Br2NO2S2/c19-12-6-7-14(20)13(8-12)15(22)9-16-17(23)21(18(24)25-16)10-11-4-2-1-3-5-11/h1-9H,10H2/b16-9+. The molecule has 0 saturated carbocycles. The first-order valence-corrected chi connectivity index (χ1v) is 10.1. The van der Waals surface area contributed by atoms with Gasteiger partial charge in [0.15, 0.2) is 5.78 Å². The number of allylic oxidation sites excluding steroid dienone is 1. The zero-order valence-electron chi connectivity index (χ0n) is 12.7. The van der Waals surface area contributed by atoms with Crippen molar-refractivity contribution >= 4 is 71.9 Å². The summed E-state index contributed by atoms with van der Waals surface area (Å²) in [7, 11) is 0. The predicted molar refractivity (Wildman–Crippen MR) is 111 cm³/mol. The minimum atomic E-state index is -0.242. The number of benzene rings is 2. The van der Waals surface area contributed by atoms with Crippen LogP contribution in [-0.2, 0) is 11.3 Å². The molecular weight excluding hydrogens is 486 g/mol. The highest BCUT2D eigenvalue weighted by Gasteiger charge is 2.32. The van der Waals surface area contributed by atoms with E-state index in [0.29, 0.717) is 25.8 Å². The Morgan fingerprint density at radius 3 is 2.60 bits per heavy atom. The lowest BCUT2D eigenvalue weighted by Gasteiger charge is -2.14. The van der Waals surface area contributed by atoms with E-state index in [4.69, 9.17) is 12.2 Å². The monoisotopic (exact) mass is 495 g/mol. The van der Waals surface area contributed by atoms with E-state index in [1.54, 1.807) is 12.1 Å². The summed E-state index contributed by atoms with van der Waals surface area (Å²) < 4.78 is 1.93. The van der Waals surface area contributed by atoms with Crippen LogP contribution in [0, 0.1) is 0 Å². The lowest BCUT2D eigenvalue weighted by atomic mass is 10.1. The van der Waals surface area contributed by atoms with Crippen LogP contribution in [0.1, 0.15) is 15.9 Å². The zero-order chi connectivity index (χ0) is 18.0. The van der Waals surface area contributed by atoms with Crippen molar-refractivity contribution in [1.29, 1.82) is 0 Å². The Balaban J connectivity index is 1.82. The van der Waals surface area contributed by atoms with Crippen molar-refractivity contribution in [3.05, 3.63) is 79.6 Å². The van der Waals surface area contributed by atoms with Crippen LogP contribution in [0.4, 0.5) is 0 Å². The molecule has 1 fully saturated rings. The molecular formula is C18H11Br2NO2S2. The smallest absolute Gasteiger partial charge is 0.266 e. The molecule has 0 aliphatic carbocycles. The van der Waals surface area contributed by atoms with E-state index in [1.807, 2.05) is 36.4 Å². The summed E-state index contributed by atoms with van der Waals surface area (Å²) in [5.74, 6) is -0.480. The molecule has 2 aromatic rings. The highest BCUT2D eigenvalue weighted by molar-refractivity contribution is 9.11. The number of carbonyl (C=O) groups excluding carboxylic acids is 2. The normalized spacial score (nSPS) is 15.9. The summed E-state index contributed by atoms with van der Waals surface area (Å²) in [6, 6.07) is 15.0. The maximum Gasteiger partial charge on any atom is 0.266 e. The van der Waals surface area contributed by atoms with Crippen LogP contribution in [-0.4, -0.2) is 20.9 Å². The molecule has 0 atom stereocenters. The molecule has 0 unspecified atom stereocenters. The van der Waals surface area contributed by atoms with Gasteiger partial charge in [-0.2, -0.15) is 0 Å². The van der Waals surface area contributed by atoms with E-state index in [0.717, 1.165) is 21.8 Å². The Bertz CT molecular complexity index is 897. The highest BCUT2D eigenvalue weighted by Crippen LogP contribution is 2.33. The fraction of sp³-hybridized carbons (Fsp3) is 0.0556. The number of thiocarbonyl (C=S) groups is 1. The summed E-state index contributed by atoms with van der Waals surface area (Å²) in [6.45, 7) is 0.400. The summed E-state index contributed by atoms with van der Waals surface area (Å²) in [4.78, 5) is 27.0. The topological polar surface area (TPSA) is 37.4 Å². The van der Waals surface area contributed by atoms with Gasteiger partial charge in [-0.25, -0.2) is 0 Å². The minimum absolute atomic E-state index is 0.238. The number of carbonyl (C=O) groups is 2. The first-order valence-electron chi connectivity index (χ1n) is 7.24. The Hall–Kier alpha value is -1.28. The second-order valence-corrected chi connectivity index (χ2v) is 8.69. The molecule has 1 amide bonds. The second-order valence-electron chi connectivity index (χ2n) is 5.24. The molecule has 0 spiro atoms. The van der Waals surface area contributed by atoms with Gasteiger partial charge < -0.3 is 0 Å². The quantitative estimate of drug-likeness (QED) is 0.325. The molecule has 25 heavy (non-hydrogen) atoms.